The van der Waals surface area contributed by atoms with Crippen LogP contribution in [0.5, 0.6) is 0 Å². The van der Waals surface area contributed by atoms with Crippen LogP contribution in [0.1, 0.15) is 33.4 Å². The van der Waals surface area contributed by atoms with E-state index < -0.39 is 17.5 Å². The van der Waals surface area contributed by atoms with Gasteiger partial charge in [-0.25, -0.2) is 4.79 Å². The van der Waals surface area contributed by atoms with E-state index in [0.717, 1.165) is 6.42 Å². The van der Waals surface area contributed by atoms with Gasteiger partial charge in [-0.15, -0.1) is 0 Å². The average Bonchev–Trinajstić information content (AvgIpc) is 2.62. The Kier molecular flexibility index (Phi) is 3.64. The number of ether oxygens (including phenoxy) is 2. The molecule has 19 heavy (non-hydrogen) atoms. The highest BCUT2D eigenvalue weighted by molar-refractivity contribution is 4.97. The molecule has 2 heterocycles. The molecule has 2 rings (SSSR count). The summed E-state index contributed by atoms with van der Waals surface area (Å²) in [5.74, 6) is 0.145. The molecule has 0 aromatic carbocycles. The second-order valence-corrected chi connectivity index (χ2v) is 5.18. The monoisotopic (exact) mass is 268 g/mol. The molecular formula is C13H20N2O4. The summed E-state index contributed by atoms with van der Waals surface area (Å²) < 4.78 is 12.9. The summed E-state index contributed by atoms with van der Waals surface area (Å²) in [6.07, 6.45) is 1.53. The average molecular weight is 268 g/mol. The minimum atomic E-state index is -0.519. The van der Waals surface area contributed by atoms with Gasteiger partial charge in [-0.1, -0.05) is 13.8 Å². The van der Waals surface area contributed by atoms with Crippen molar-refractivity contribution in [3.8, 4) is 0 Å². The Balaban J connectivity index is 2.44. The quantitative estimate of drug-likeness (QED) is 0.883. The Morgan fingerprint density at radius 1 is 1.53 bits per heavy atom. The summed E-state index contributed by atoms with van der Waals surface area (Å²) in [6.45, 7) is 6.11. The fraction of sp³-hybridized carbons (Fsp3) is 0.692. The Bertz CT molecular complexity index is 564. The van der Waals surface area contributed by atoms with Crippen molar-refractivity contribution in [2.45, 2.75) is 45.1 Å². The lowest BCUT2D eigenvalue weighted by Crippen LogP contribution is -2.36. The van der Waals surface area contributed by atoms with Gasteiger partial charge in [-0.2, -0.15) is 0 Å². The Morgan fingerprint density at radius 3 is 2.74 bits per heavy atom. The van der Waals surface area contributed by atoms with Gasteiger partial charge in [0, 0.05) is 25.3 Å². The summed E-state index contributed by atoms with van der Waals surface area (Å²) in [4.78, 5) is 25.2. The van der Waals surface area contributed by atoms with E-state index in [4.69, 9.17) is 9.47 Å². The molecule has 1 saturated heterocycles. The predicted molar refractivity (Wildman–Crippen MR) is 70.1 cm³/mol. The molecule has 1 aromatic rings. The van der Waals surface area contributed by atoms with Gasteiger partial charge in [0.2, 0.25) is 0 Å². The molecule has 1 fully saturated rings. The standard InChI is InChI=1S/C13H20N2O4/c1-5-13(3)8(2)10(18-4)11(19-13)15-7-6-9(16)14-12(15)17/h6-8,10-11H,5H2,1-4H3,(H,14,16,17)/t8-,10+,11+,13+/m0/s1. The van der Waals surface area contributed by atoms with Crippen molar-refractivity contribution >= 4 is 0 Å². The molecule has 0 spiro atoms. The van der Waals surface area contributed by atoms with Crippen molar-refractivity contribution in [2.24, 2.45) is 5.92 Å². The Morgan fingerprint density at radius 2 is 2.21 bits per heavy atom. The number of aromatic nitrogens is 2. The summed E-state index contributed by atoms with van der Waals surface area (Å²) in [6, 6.07) is 1.31. The lowest BCUT2D eigenvalue weighted by molar-refractivity contribution is -0.0910. The summed E-state index contributed by atoms with van der Waals surface area (Å²) in [5, 5.41) is 0. The van der Waals surface area contributed by atoms with Gasteiger partial charge in [0.05, 0.1) is 5.60 Å². The Hall–Kier alpha value is -1.40. The fourth-order valence-corrected chi connectivity index (χ4v) is 2.61. The van der Waals surface area contributed by atoms with Crippen LogP contribution >= 0.6 is 0 Å². The SMILES string of the molecule is CC[C@@]1(C)O[C@@H](n2ccc(=O)[nH]c2=O)[C@H](OC)[C@@H]1C. The minimum Gasteiger partial charge on any atom is -0.376 e. The van der Waals surface area contributed by atoms with Crippen LogP contribution in [-0.2, 0) is 9.47 Å². The van der Waals surface area contributed by atoms with Gasteiger partial charge >= 0.3 is 5.69 Å². The highest BCUT2D eigenvalue weighted by Gasteiger charge is 2.50. The van der Waals surface area contributed by atoms with Gasteiger partial charge < -0.3 is 9.47 Å². The van der Waals surface area contributed by atoms with Gasteiger partial charge in [0.15, 0.2) is 6.23 Å². The van der Waals surface area contributed by atoms with Gasteiger partial charge in [-0.05, 0) is 13.3 Å². The summed E-state index contributed by atoms with van der Waals surface area (Å²) in [5.41, 5.74) is -1.24. The normalized spacial score (nSPS) is 34.6. The van der Waals surface area contributed by atoms with Crippen molar-refractivity contribution < 1.29 is 9.47 Å². The van der Waals surface area contributed by atoms with E-state index in [1.165, 1.54) is 16.8 Å². The van der Waals surface area contributed by atoms with Crippen LogP contribution in [0, 0.1) is 5.92 Å². The van der Waals surface area contributed by atoms with E-state index in [0.29, 0.717) is 0 Å². The first-order valence-electron chi connectivity index (χ1n) is 6.45. The maximum atomic E-state index is 11.9. The van der Waals surface area contributed by atoms with Crippen molar-refractivity contribution in [1.82, 2.24) is 9.55 Å². The minimum absolute atomic E-state index is 0.145. The van der Waals surface area contributed by atoms with E-state index >= 15 is 0 Å². The zero-order chi connectivity index (χ0) is 14.2. The third-order valence-corrected chi connectivity index (χ3v) is 4.23. The van der Waals surface area contributed by atoms with E-state index in [2.05, 4.69) is 4.98 Å². The van der Waals surface area contributed by atoms with Crippen molar-refractivity contribution in [3.05, 3.63) is 33.1 Å². The topological polar surface area (TPSA) is 73.3 Å². The molecule has 0 radical (unpaired) electrons. The van der Waals surface area contributed by atoms with Crippen LogP contribution < -0.4 is 11.2 Å². The molecule has 1 aromatic heterocycles. The third-order valence-electron chi connectivity index (χ3n) is 4.23. The number of hydrogen-bond acceptors (Lipinski definition) is 4. The number of hydrogen-bond donors (Lipinski definition) is 1. The largest absolute Gasteiger partial charge is 0.376 e. The number of H-pyrrole nitrogens is 1. The highest BCUT2D eigenvalue weighted by atomic mass is 16.6. The molecule has 0 saturated carbocycles. The number of methoxy groups -OCH3 is 1. The van der Waals surface area contributed by atoms with Gasteiger partial charge in [-0.3, -0.25) is 14.3 Å². The summed E-state index contributed by atoms with van der Waals surface area (Å²) in [7, 11) is 1.61. The smallest absolute Gasteiger partial charge is 0.330 e. The zero-order valence-electron chi connectivity index (χ0n) is 11.7. The maximum absolute atomic E-state index is 11.9. The molecule has 1 N–H and O–H groups in total. The van der Waals surface area contributed by atoms with E-state index in [1.807, 2.05) is 20.8 Å². The summed E-state index contributed by atoms with van der Waals surface area (Å²) >= 11 is 0. The predicted octanol–water partition coefficient (Wildman–Crippen LogP) is 0.885. The molecule has 0 aliphatic carbocycles. The van der Waals surface area contributed by atoms with Crippen molar-refractivity contribution in [2.75, 3.05) is 7.11 Å². The van der Waals surface area contributed by atoms with Crippen molar-refractivity contribution in [3.63, 3.8) is 0 Å². The molecule has 0 bridgehead atoms. The zero-order valence-corrected chi connectivity index (χ0v) is 11.7. The number of rotatable bonds is 3. The van der Waals surface area contributed by atoms with E-state index in [1.54, 1.807) is 7.11 Å². The number of nitrogens with one attached hydrogen (secondary N) is 1. The molecule has 6 nitrogen and oxygen atoms in total. The molecule has 4 atom stereocenters. The molecular weight excluding hydrogens is 248 g/mol. The van der Waals surface area contributed by atoms with Gasteiger partial charge in [0.25, 0.3) is 5.56 Å². The number of aromatic amines is 1. The second-order valence-electron chi connectivity index (χ2n) is 5.18. The molecule has 106 valence electrons. The second kappa shape index (κ2) is 4.94. The van der Waals surface area contributed by atoms with Crippen LogP contribution in [0.15, 0.2) is 21.9 Å². The van der Waals surface area contributed by atoms with E-state index in [9.17, 15) is 9.59 Å². The maximum Gasteiger partial charge on any atom is 0.330 e. The van der Waals surface area contributed by atoms with Crippen LogP contribution in [0.3, 0.4) is 0 Å². The third kappa shape index (κ3) is 2.26. The van der Waals surface area contributed by atoms with Crippen LogP contribution in [-0.4, -0.2) is 28.4 Å². The van der Waals surface area contributed by atoms with Crippen LogP contribution in [0.25, 0.3) is 0 Å². The first-order valence-corrected chi connectivity index (χ1v) is 6.45. The highest BCUT2D eigenvalue weighted by Crippen LogP contribution is 2.43. The Labute approximate surface area is 111 Å². The van der Waals surface area contributed by atoms with Crippen molar-refractivity contribution in [1.29, 1.82) is 0 Å². The molecule has 0 amide bonds. The molecule has 6 heteroatoms. The fourth-order valence-electron chi connectivity index (χ4n) is 2.61. The van der Waals surface area contributed by atoms with Gasteiger partial charge in [0.1, 0.15) is 6.10 Å². The molecule has 0 unspecified atom stereocenters. The number of nitrogens with zero attached hydrogens (tertiary/aromatic N) is 1. The van der Waals surface area contributed by atoms with Crippen LogP contribution in [0.2, 0.25) is 0 Å². The van der Waals surface area contributed by atoms with E-state index in [-0.39, 0.29) is 17.6 Å². The lowest BCUT2D eigenvalue weighted by atomic mass is 9.86. The first-order chi connectivity index (χ1) is 8.92. The lowest BCUT2D eigenvalue weighted by Gasteiger charge is -2.27. The molecule has 1 aliphatic rings. The van der Waals surface area contributed by atoms with Crippen LogP contribution in [0.4, 0.5) is 0 Å². The molecule has 1 aliphatic heterocycles. The first kappa shape index (κ1) is 14.0.